The number of halogens is 3. The summed E-state index contributed by atoms with van der Waals surface area (Å²) in [5.41, 5.74) is 2.95. The summed E-state index contributed by atoms with van der Waals surface area (Å²) in [6.45, 7) is 3.80. The van der Waals surface area contributed by atoms with Crippen molar-refractivity contribution in [2.75, 3.05) is 0 Å². The Labute approximate surface area is 173 Å². The second-order valence-electron chi connectivity index (χ2n) is 6.45. The largest absolute Gasteiger partial charge is 0.347 e. The Morgan fingerprint density at radius 2 is 1.67 bits per heavy atom. The second kappa shape index (κ2) is 7.93. The first-order chi connectivity index (χ1) is 12.8. The third-order valence-corrected chi connectivity index (χ3v) is 4.82. The molecule has 0 atom stereocenters. The topological polar surface area (TPSA) is 46.9 Å². The fraction of sp³-hybridized carbons (Fsp3) is 0.200. The Morgan fingerprint density at radius 3 is 2.26 bits per heavy atom. The van der Waals surface area contributed by atoms with E-state index in [4.69, 9.17) is 34.8 Å². The number of carbonyl (C=O) groups excluding carboxylic acids is 1. The molecule has 0 fully saturated rings. The first-order valence-corrected chi connectivity index (χ1v) is 9.50. The van der Waals surface area contributed by atoms with E-state index in [1.54, 1.807) is 41.9 Å². The Balaban J connectivity index is 2.24. The number of amides is 1. The number of imidazole rings is 1. The summed E-state index contributed by atoms with van der Waals surface area (Å²) < 4.78 is 1.77. The molecule has 140 valence electrons. The van der Waals surface area contributed by atoms with Gasteiger partial charge in [-0.05, 0) is 44.2 Å². The smallest absolute Gasteiger partial charge is 0.287 e. The van der Waals surface area contributed by atoms with Crippen LogP contribution in [0.25, 0.3) is 22.5 Å². The van der Waals surface area contributed by atoms with Crippen LogP contribution in [0.15, 0.2) is 42.5 Å². The molecule has 1 aromatic heterocycles. The SMILES string of the molecule is CC(C)NC(=O)c1nc(-c2ccc(Cl)cc2Cl)c(-c2ccc(Cl)cc2)n1C. The van der Waals surface area contributed by atoms with Gasteiger partial charge in [-0.1, -0.05) is 46.9 Å². The van der Waals surface area contributed by atoms with Crippen molar-refractivity contribution in [1.82, 2.24) is 14.9 Å². The molecule has 7 heteroatoms. The summed E-state index contributed by atoms with van der Waals surface area (Å²) in [6, 6.07) is 12.6. The van der Waals surface area contributed by atoms with Crippen molar-refractivity contribution in [3.63, 3.8) is 0 Å². The number of rotatable bonds is 4. The molecule has 1 N–H and O–H groups in total. The van der Waals surface area contributed by atoms with E-state index in [-0.39, 0.29) is 11.9 Å². The van der Waals surface area contributed by atoms with Gasteiger partial charge in [-0.15, -0.1) is 0 Å². The maximum Gasteiger partial charge on any atom is 0.287 e. The average Bonchev–Trinajstić information content (AvgIpc) is 2.92. The summed E-state index contributed by atoms with van der Waals surface area (Å²) in [4.78, 5) is 17.2. The summed E-state index contributed by atoms with van der Waals surface area (Å²) in [6.07, 6.45) is 0. The molecule has 2 aromatic carbocycles. The van der Waals surface area contributed by atoms with Gasteiger partial charge in [0.2, 0.25) is 0 Å². The number of hydrogen-bond acceptors (Lipinski definition) is 2. The molecule has 3 rings (SSSR count). The predicted octanol–water partition coefficient (Wildman–Crippen LogP) is 5.85. The molecular formula is C20H18Cl3N3O. The van der Waals surface area contributed by atoms with E-state index in [1.807, 2.05) is 26.0 Å². The lowest BCUT2D eigenvalue weighted by molar-refractivity contribution is 0.0929. The monoisotopic (exact) mass is 421 g/mol. The number of nitrogens with one attached hydrogen (secondary N) is 1. The van der Waals surface area contributed by atoms with Gasteiger partial charge in [0, 0.05) is 34.3 Å². The Hall–Kier alpha value is -2.01. The maximum atomic E-state index is 12.6. The highest BCUT2D eigenvalue weighted by Crippen LogP contribution is 2.37. The first-order valence-electron chi connectivity index (χ1n) is 8.37. The molecule has 0 saturated carbocycles. The van der Waals surface area contributed by atoms with E-state index in [0.29, 0.717) is 32.1 Å². The third kappa shape index (κ3) is 4.13. The van der Waals surface area contributed by atoms with Gasteiger partial charge in [0.1, 0.15) is 0 Å². The molecule has 0 unspecified atom stereocenters. The van der Waals surface area contributed by atoms with Gasteiger partial charge < -0.3 is 9.88 Å². The number of aromatic nitrogens is 2. The number of hydrogen-bond donors (Lipinski definition) is 1. The molecule has 3 aromatic rings. The molecule has 27 heavy (non-hydrogen) atoms. The van der Waals surface area contributed by atoms with Crippen molar-refractivity contribution in [3.05, 3.63) is 63.4 Å². The van der Waals surface area contributed by atoms with Crippen LogP contribution in [-0.4, -0.2) is 21.5 Å². The molecule has 0 radical (unpaired) electrons. The van der Waals surface area contributed by atoms with Crippen molar-refractivity contribution in [2.24, 2.45) is 7.05 Å². The van der Waals surface area contributed by atoms with E-state index in [0.717, 1.165) is 11.3 Å². The normalized spacial score (nSPS) is 11.1. The molecule has 0 saturated heterocycles. The number of carbonyl (C=O) groups is 1. The van der Waals surface area contributed by atoms with Gasteiger partial charge in [0.25, 0.3) is 5.91 Å². The van der Waals surface area contributed by atoms with Gasteiger partial charge in [0.05, 0.1) is 16.4 Å². The van der Waals surface area contributed by atoms with Crippen LogP contribution in [0.3, 0.4) is 0 Å². The third-order valence-electron chi connectivity index (χ3n) is 4.02. The van der Waals surface area contributed by atoms with E-state index in [1.165, 1.54) is 0 Å². The predicted molar refractivity (Wildman–Crippen MR) is 112 cm³/mol. The highest BCUT2D eigenvalue weighted by molar-refractivity contribution is 6.36. The lowest BCUT2D eigenvalue weighted by Crippen LogP contribution is -2.32. The number of benzene rings is 2. The molecule has 0 aliphatic rings. The van der Waals surface area contributed by atoms with Crippen LogP contribution in [-0.2, 0) is 7.05 Å². The van der Waals surface area contributed by atoms with E-state index in [2.05, 4.69) is 10.3 Å². The zero-order valence-corrected chi connectivity index (χ0v) is 17.3. The van der Waals surface area contributed by atoms with Crippen LogP contribution in [0.1, 0.15) is 24.5 Å². The summed E-state index contributed by atoms with van der Waals surface area (Å²) in [5, 5.41) is 4.51. The van der Waals surface area contributed by atoms with E-state index in [9.17, 15) is 4.79 Å². The molecule has 0 bridgehead atoms. The maximum absolute atomic E-state index is 12.6. The Morgan fingerprint density at radius 1 is 1.04 bits per heavy atom. The van der Waals surface area contributed by atoms with E-state index < -0.39 is 0 Å². The van der Waals surface area contributed by atoms with E-state index >= 15 is 0 Å². The van der Waals surface area contributed by atoms with Gasteiger partial charge in [-0.3, -0.25) is 4.79 Å². The standard InChI is InChI=1S/C20H18Cl3N3O/c1-11(2)24-20(27)19-25-17(15-9-8-14(22)10-16(15)23)18(26(19)3)12-4-6-13(21)7-5-12/h4-11H,1-3H3,(H,24,27). The Bertz CT molecular complexity index is 994. The molecule has 0 aliphatic heterocycles. The summed E-state index contributed by atoms with van der Waals surface area (Å²) in [5.74, 6) is 0.0497. The fourth-order valence-electron chi connectivity index (χ4n) is 2.84. The van der Waals surface area contributed by atoms with Crippen molar-refractivity contribution >= 4 is 40.7 Å². The van der Waals surface area contributed by atoms with Gasteiger partial charge in [-0.2, -0.15) is 0 Å². The van der Waals surface area contributed by atoms with Crippen LogP contribution in [0.4, 0.5) is 0 Å². The molecule has 0 aliphatic carbocycles. The van der Waals surface area contributed by atoms with Gasteiger partial charge in [-0.25, -0.2) is 4.98 Å². The molecule has 0 spiro atoms. The minimum absolute atomic E-state index is 0.00393. The summed E-state index contributed by atoms with van der Waals surface area (Å²) in [7, 11) is 1.81. The van der Waals surface area contributed by atoms with Crippen LogP contribution >= 0.6 is 34.8 Å². The average molecular weight is 423 g/mol. The molecule has 4 nitrogen and oxygen atoms in total. The van der Waals surface area contributed by atoms with Crippen molar-refractivity contribution in [2.45, 2.75) is 19.9 Å². The molecule has 1 amide bonds. The second-order valence-corrected chi connectivity index (χ2v) is 7.73. The fourth-order valence-corrected chi connectivity index (χ4v) is 3.46. The van der Waals surface area contributed by atoms with Crippen LogP contribution < -0.4 is 5.32 Å². The van der Waals surface area contributed by atoms with Crippen molar-refractivity contribution in [3.8, 4) is 22.5 Å². The lowest BCUT2D eigenvalue weighted by Gasteiger charge is -2.10. The van der Waals surface area contributed by atoms with Crippen LogP contribution in [0.5, 0.6) is 0 Å². The van der Waals surface area contributed by atoms with Crippen molar-refractivity contribution in [1.29, 1.82) is 0 Å². The lowest BCUT2D eigenvalue weighted by atomic mass is 10.0. The van der Waals surface area contributed by atoms with Crippen LogP contribution in [0.2, 0.25) is 15.1 Å². The molecule has 1 heterocycles. The highest BCUT2D eigenvalue weighted by Gasteiger charge is 2.23. The number of nitrogens with zero attached hydrogens (tertiary/aromatic N) is 2. The minimum atomic E-state index is -0.251. The van der Waals surface area contributed by atoms with Crippen molar-refractivity contribution < 1.29 is 4.79 Å². The van der Waals surface area contributed by atoms with Crippen LogP contribution in [0, 0.1) is 0 Å². The minimum Gasteiger partial charge on any atom is -0.347 e. The quantitative estimate of drug-likeness (QED) is 0.573. The highest BCUT2D eigenvalue weighted by atomic mass is 35.5. The zero-order chi connectivity index (χ0) is 19.7. The molecular weight excluding hydrogens is 405 g/mol. The first kappa shape index (κ1) is 19.7. The zero-order valence-electron chi connectivity index (χ0n) is 15.1. The van der Waals surface area contributed by atoms with Gasteiger partial charge in [0.15, 0.2) is 5.82 Å². The van der Waals surface area contributed by atoms with Gasteiger partial charge >= 0.3 is 0 Å². The summed E-state index contributed by atoms with van der Waals surface area (Å²) >= 11 is 18.5. The Kier molecular flexibility index (Phi) is 5.80.